The molecule has 1 rings (SSSR count). The zero-order chi connectivity index (χ0) is 15.2. The molecule has 0 radical (unpaired) electrons. The number of hydrogen-bond acceptors (Lipinski definition) is 2. The van der Waals surface area contributed by atoms with Gasteiger partial charge in [0.25, 0.3) is 0 Å². The van der Waals surface area contributed by atoms with Gasteiger partial charge in [0.15, 0.2) is 5.96 Å². The minimum Gasteiger partial charge on any atom is -0.355 e. The van der Waals surface area contributed by atoms with E-state index in [-0.39, 0.29) is 29.5 Å². The molecule has 126 valence electrons. The zero-order valence-corrected chi connectivity index (χ0v) is 17.0. The molecule has 1 aliphatic rings. The van der Waals surface area contributed by atoms with Gasteiger partial charge in [-0.3, -0.25) is 4.99 Å². The highest BCUT2D eigenvalue weighted by atomic mass is 127. The monoisotopic (exact) mass is 410 g/mol. The van der Waals surface area contributed by atoms with E-state index in [0.29, 0.717) is 6.04 Å². The van der Waals surface area contributed by atoms with Gasteiger partial charge < -0.3 is 15.5 Å². The SMILES string of the molecule is CCC(C)NC(=NC)NCC1(N(C)C)CCCC(C)C1.I. The Morgan fingerprint density at radius 1 is 1.43 bits per heavy atom. The smallest absolute Gasteiger partial charge is 0.191 e. The lowest BCUT2D eigenvalue weighted by Crippen LogP contribution is -2.57. The lowest BCUT2D eigenvalue weighted by atomic mass is 9.75. The van der Waals surface area contributed by atoms with Crippen LogP contribution in [-0.2, 0) is 0 Å². The molecule has 0 aliphatic heterocycles. The van der Waals surface area contributed by atoms with Crippen LogP contribution in [0.3, 0.4) is 0 Å². The van der Waals surface area contributed by atoms with Crippen molar-refractivity contribution in [1.82, 2.24) is 15.5 Å². The minimum atomic E-state index is 0. The number of halogens is 1. The Kier molecular flexibility index (Phi) is 9.85. The number of likely N-dealkylation sites (N-methyl/N-ethyl adjacent to an activating group) is 1. The van der Waals surface area contributed by atoms with Crippen LogP contribution in [0, 0.1) is 5.92 Å². The molecule has 3 atom stereocenters. The third kappa shape index (κ3) is 6.30. The van der Waals surface area contributed by atoms with E-state index in [1.807, 2.05) is 7.05 Å². The summed E-state index contributed by atoms with van der Waals surface area (Å²) in [7, 11) is 6.28. The number of rotatable bonds is 5. The van der Waals surface area contributed by atoms with E-state index in [2.05, 4.69) is 55.4 Å². The first kappa shape index (κ1) is 21.0. The van der Waals surface area contributed by atoms with Crippen molar-refractivity contribution in [3.8, 4) is 0 Å². The van der Waals surface area contributed by atoms with Gasteiger partial charge in [0.1, 0.15) is 0 Å². The van der Waals surface area contributed by atoms with Crippen LogP contribution in [0.2, 0.25) is 0 Å². The van der Waals surface area contributed by atoms with E-state index in [4.69, 9.17) is 0 Å². The van der Waals surface area contributed by atoms with Crippen molar-refractivity contribution in [2.24, 2.45) is 10.9 Å². The highest BCUT2D eigenvalue weighted by Crippen LogP contribution is 2.35. The highest BCUT2D eigenvalue weighted by molar-refractivity contribution is 14.0. The van der Waals surface area contributed by atoms with E-state index in [1.54, 1.807) is 0 Å². The molecule has 5 heteroatoms. The minimum absolute atomic E-state index is 0. The summed E-state index contributed by atoms with van der Waals surface area (Å²) >= 11 is 0. The topological polar surface area (TPSA) is 39.7 Å². The molecule has 1 fully saturated rings. The molecule has 1 saturated carbocycles. The number of aliphatic imine (C=N–C) groups is 1. The van der Waals surface area contributed by atoms with E-state index in [9.17, 15) is 0 Å². The van der Waals surface area contributed by atoms with Crippen molar-refractivity contribution in [3.05, 3.63) is 0 Å². The van der Waals surface area contributed by atoms with Gasteiger partial charge in [-0.15, -0.1) is 24.0 Å². The standard InChI is InChI=1S/C16H34N4.HI/c1-7-14(3)19-15(17-4)18-12-16(20(5)6)10-8-9-13(2)11-16;/h13-14H,7-12H2,1-6H3,(H2,17,18,19);1H. The summed E-state index contributed by atoms with van der Waals surface area (Å²) < 4.78 is 0. The Morgan fingerprint density at radius 3 is 2.57 bits per heavy atom. The molecule has 2 N–H and O–H groups in total. The van der Waals surface area contributed by atoms with Crippen LogP contribution in [0.1, 0.15) is 52.9 Å². The van der Waals surface area contributed by atoms with Crippen molar-refractivity contribution in [2.75, 3.05) is 27.7 Å². The van der Waals surface area contributed by atoms with Crippen molar-refractivity contribution >= 4 is 29.9 Å². The average molecular weight is 410 g/mol. The van der Waals surface area contributed by atoms with Crippen molar-refractivity contribution in [1.29, 1.82) is 0 Å². The third-order valence-electron chi connectivity index (χ3n) is 4.82. The summed E-state index contributed by atoms with van der Waals surface area (Å²) in [5.74, 6) is 1.75. The normalized spacial score (nSPS) is 28.0. The number of hydrogen-bond donors (Lipinski definition) is 2. The molecule has 1 aliphatic carbocycles. The fraction of sp³-hybridized carbons (Fsp3) is 0.938. The molecule has 4 nitrogen and oxygen atoms in total. The zero-order valence-electron chi connectivity index (χ0n) is 14.7. The molecule has 0 bridgehead atoms. The van der Waals surface area contributed by atoms with Crippen LogP contribution >= 0.6 is 24.0 Å². The van der Waals surface area contributed by atoms with Gasteiger partial charge in [-0.05, 0) is 46.2 Å². The van der Waals surface area contributed by atoms with Crippen LogP contribution < -0.4 is 10.6 Å². The van der Waals surface area contributed by atoms with Crippen molar-refractivity contribution < 1.29 is 0 Å². The van der Waals surface area contributed by atoms with Gasteiger partial charge in [-0.25, -0.2) is 0 Å². The summed E-state index contributed by atoms with van der Waals surface area (Å²) in [5, 5.41) is 6.99. The second-order valence-electron chi connectivity index (χ2n) is 6.70. The summed E-state index contributed by atoms with van der Waals surface area (Å²) in [6.45, 7) is 7.73. The van der Waals surface area contributed by atoms with E-state index in [0.717, 1.165) is 24.8 Å². The number of guanidine groups is 1. The maximum absolute atomic E-state index is 4.35. The second-order valence-corrected chi connectivity index (χ2v) is 6.70. The van der Waals surface area contributed by atoms with Crippen LogP contribution in [0.4, 0.5) is 0 Å². The van der Waals surface area contributed by atoms with Gasteiger partial charge >= 0.3 is 0 Å². The fourth-order valence-electron chi connectivity index (χ4n) is 3.14. The Bertz CT molecular complexity index is 319. The molecule has 3 unspecified atom stereocenters. The van der Waals surface area contributed by atoms with Gasteiger partial charge in [0, 0.05) is 25.2 Å². The molecule has 0 spiro atoms. The lowest BCUT2D eigenvalue weighted by molar-refractivity contribution is 0.0795. The molecular formula is C16H35IN4. The first-order valence-corrected chi connectivity index (χ1v) is 8.08. The number of nitrogens with zero attached hydrogens (tertiary/aromatic N) is 2. The summed E-state index contributed by atoms with van der Waals surface area (Å²) in [6.07, 6.45) is 6.36. The Morgan fingerprint density at radius 2 is 2.10 bits per heavy atom. The van der Waals surface area contributed by atoms with E-state index < -0.39 is 0 Å². The van der Waals surface area contributed by atoms with Crippen molar-refractivity contribution in [3.63, 3.8) is 0 Å². The molecule has 0 heterocycles. The Balaban J connectivity index is 0.00000400. The van der Waals surface area contributed by atoms with Gasteiger partial charge in [-0.1, -0.05) is 26.7 Å². The molecule has 0 aromatic carbocycles. The van der Waals surface area contributed by atoms with Gasteiger partial charge in [0.2, 0.25) is 0 Å². The van der Waals surface area contributed by atoms with Crippen LogP contribution in [0.5, 0.6) is 0 Å². The second kappa shape index (κ2) is 9.87. The molecular weight excluding hydrogens is 375 g/mol. The predicted octanol–water partition coefficient (Wildman–Crippen LogP) is 3.08. The summed E-state index contributed by atoms with van der Waals surface area (Å²) in [6, 6.07) is 0.460. The Hall–Kier alpha value is -0.0400. The van der Waals surface area contributed by atoms with Crippen LogP contribution in [0.25, 0.3) is 0 Å². The van der Waals surface area contributed by atoms with Crippen LogP contribution in [0.15, 0.2) is 4.99 Å². The highest BCUT2D eigenvalue weighted by Gasteiger charge is 2.36. The Labute approximate surface area is 148 Å². The largest absolute Gasteiger partial charge is 0.355 e. The first-order chi connectivity index (χ1) is 9.43. The van der Waals surface area contributed by atoms with E-state index in [1.165, 1.54) is 25.7 Å². The van der Waals surface area contributed by atoms with E-state index >= 15 is 0 Å². The maximum atomic E-state index is 4.35. The quantitative estimate of drug-likeness (QED) is 0.416. The molecule has 0 saturated heterocycles. The molecule has 0 aromatic heterocycles. The van der Waals surface area contributed by atoms with Crippen LogP contribution in [-0.4, -0.2) is 50.1 Å². The van der Waals surface area contributed by atoms with Gasteiger partial charge in [0.05, 0.1) is 0 Å². The fourth-order valence-corrected chi connectivity index (χ4v) is 3.14. The van der Waals surface area contributed by atoms with Crippen molar-refractivity contribution in [2.45, 2.75) is 64.5 Å². The molecule has 21 heavy (non-hydrogen) atoms. The lowest BCUT2D eigenvalue weighted by Gasteiger charge is -2.45. The maximum Gasteiger partial charge on any atom is 0.191 e. The third-order valence-corrected chi connectivity index (χ3v) is 4.82. The summed E-state index contributed by atoms with van der Waals surface area (Å²) in [4.78, 5) is 6.75. The first-order valence-electron chi connectivity index (χ1n) is 8.08. The predicted molar refractivity (Wildman–Crippen MR) is 104 cm³/mol. The average Bonchev–Trinajstić information content (AvgIpc) is 2.42. The summed E-state index contributed by atoms with van der Waals surface area (Å²) in [5.41, 5.74) is 0.269. The molecule has 0 aromatic rings. The van der Waals surface area contributed by atoms with Gasteiger partial charge in [-0.2, -0.15) is 0 Å². The molecule has 0 amide bonds. The number of nitrogens with one attached hydrogen (secondary N) is 2.